The fourth-order valence-corrected chi connectivity index (χ4v) is 4.18. The van der Waals surface area contributed by atoms with E-state index in [1.807, 2.05) is 41.4 Å². The van der Waals surface area contributed by atoms with Gasteiger partial charge in [-0.3, -0.25) is 4.99 Å². The van der Waals surface area contributed by atoms with Gasteiger partial charge in [-0.2, -0.15) is 0 Å². The number of benzene rings is 2. The molecule has 0 bridgehead atoms. The molecular weight excluding hydrogens is 388 g/mol. The smallest absolute Gasteiger partial charge is 0.178 e. The maximum absolute atomic E-state index is 12.5. The number of hydrogen-bond donors (Lipinski definition) is 1. The molecule has 0 aromatic heterocycles. The minimum Gasteiger partial charge on any atom is -0.457 e. The van der Waals surface area contributed by atoms with Crippen molar-refractivity contribution in [3.63, 3.8) is 0 Å². The van der Waals surface area contributed by atoms with Crippen LogP contribution in [0.5, 0.6) is 11.5 Å². The summed E-state index contributed by atoms with van der Waals surface area (Å²) in [6.45, 7) is 2.10. The Morgan fingerprint density at radius 1 is 1.17 bits per heavy atom. The molecule has 0 atom stereocenters. The lowest BCUT2D eigenvalue weighted by atomic mass is 10.1. The molecule has 0 fully saturated rings. The summed E-state index contributed by atoms with van der Waals surface area (Å²) in [6.07, 6.45) is 5.70. The first-order valence-corrected chi connectivity index (χ1v) is 10.9. The third-order valence-electron chi connectivity index (χ3n) is 4.76. The fourth-order valence-electron chi connectivity index (χ4n) is 3.27. The monoisotopic (exact) mass is 410 g/mol. The van der Waals surface area contributed by atoms with E-state index in [-0.39, 0.29) is 10.6 Å². The number of sulfone groups is 1. The minimum atomic E-state index is -3.37. The van der Waals surface area contributed by atoms with Gasteiger partial charge in [0.05, 0.1) is 22.0 Å². The van der Waals surface area contributed by atoms with Crippen LogP contribution in [0, 0.1) is 0 Å². The molecular formula is C21H22N4O3S. The molecule has 150 valence electrons. The predicted molar refractivity (Wildman–Crippen MR) is 114 cm³/mol. The summed E-state index contributed by atoms with van der Waals surface area (Å²) in [5, 5.41) is 0. The standard InChI is InChI=1S/C21H22N4O3S/c1-3-29(26,27)18-7-8-21(28-17-6-4-5-15(22)9-17)19(10-18)20-13-24(2)12-16-11-23-14-25(16)20/h4-13H,3,14,22H2,1-2H3. The third-order valence-corrected chi connectivity index (χ3v) is 6.50. The molecule has 2 aliphatic heterocycles. The van der Waals surface area contributed by atoms with Crippen molar-refractivity contribution >= 4 is 27.4 Å². The van der Waals surface area contributed by atoms with Crippen LogP contribution in [0.15, 0.2) is 70.4 Å². The van der Waals surface area contributed by atoms with E-state index < -0.39 is 9.84 Å². The zero-order valence-corrected chi connectivity index (χ0v) is 17.1. The Hall–Kier alpha value is -3.26. The number of allylic oxidation sites excluding steroid dienone is 1. The van der Waals surface area contributed by atoms with E-state index in [0.717, 1.165) is 11.4 Å². The second-order valence-electron chi connectivity index (χ2n) is 6.85. The van der Waals surface area contributed by atoms with E-state index in [9.17, 15) is 8.42 Å². The number of rotatable bonds is 5. The Kier molecular flexibility index (Phi) is 4.79. The lowest BCUT2D eigenvalue weighted by Crippen LogP contribution is -2.25. The van der Waals surface area contributed by atoms with Crippen molar-refractivity contribution in [2.45, 2.75) is 11.8 Å². The second kappa shape index (κ2) is 7.29. The molecule has 29 heavy (non-hydrogen) atoms. The summed E-state index contributed by atoms with van der Waals surface area (Å²) in [5.41, 5.74) is 8.88. The van der Waals surface area contributed by atoms with E-state index in [2.05, 4.69) is 4.99 Å². The number of anilines is 1. The van der Waals surface area contributed by atoms with E-state index in [1.54, 1.807) is 43.5 Å². The lowest BCUT2D eigenvalue weighted by molar-refractivity contribution is 0.465. The van der Waals surface area contributed by atoms with E-state index in [1.165, 1.54) is 0 Å². The van der Waals surface area contributed by atoms with Gasteiger partial charge >= 0.3 is 0 Å². The van der Waals surface area contributed by atoms with Gasteiger partial charge in [0, 0.05) is 43.0 Å². The number of aliphatic imine (C=N–C) groups is 1. The SMILES string of the molecule is CCS(=O)(=O)c1ccc(Oc2cccc(N)c2)c(C2=CN(C)C=C3C=NCN32)c1. The molecule has 2 heterocycles. The van der Waals surface area contributed by atoms with Crippen molar-refractivity contribution in [3.05, 3.63) is 66.1 Å². The van der Waals surface area contributed by atoms with Gasteiger partial charge < -0.3 is 20.3 Å². The first kappa shape index (κ1) is 19.1. The molecule has 0 unspecified atom stereocenters. The van der Waals surface area contributed by atoms with Crippen LogP contribution in [0.1, 0.15) is 12.5 Å². The Bertz CT molecular complexity index is 1150. The van der Waals surface area contributed by atoms with Gasteiger partial charge in [0.25, 0.3) is 0 Å². The van der Waals surface area contributed by atoms with E-state index in [4.69, 9.17) is 10.5 Å². The molecule has 8 heteroatoms. The van der Waals surface area contributed by atoms with Crippen LogP contribution in [0.25, 0.3) is 5.70 Å². The first-order valence-electron chi connectivity index (χ1n) is 9.21. The maximum atomic E-state index is 12.5. The van der Waals surface area contributed by atoms with Gasteiger partial charge in [-0.05, 0) is 30.3 Å². The van der Waals surface area contributed by atoms with Gasteiger partial charge in [0.2, 0.25) is 0 Å². The molecule has 0 radical (unpaired) electrons. The number of nitrogen functional groups attached to an aromatic ring is 1. The highest BCUT2D eigenvalue weighted by atomic mass is 32.2. The van der Waals surface area contributed by atoms with Crippen LogP contribution in [0.3, 0.4) is 0 Å². The Morgan fingerprint density at radius 3 is 2.76 bits per heavy atom. The highest BCUT2D eigenvalue weighted by Crippen LogP contribution is 2.38. The summed E-state index contributed by atoms with van der Waals surface area (Å²) in [4.78, 5) is 8.54. The summed E-state index contributed by atoms with van der Waals surface area (Å²) < 4.78 is 31.1. The summed E-state index contributed by atoms with van der Waals surface area (Å²) in [7, 11) is -1.45. The third kappa shape index (κ3) is 3.71. The maximum Gasteiger partial charge on any atom is 0.178 e. The minimum absolute atomic E-state index is 0.0266. The van der Waals surface area contributed by atoms with Crippen LogP contribution in [0.2, 0.25) is 0 Å². The summed E-state index contributed by atoms with van der Waals surface area (Å²) >= 11 is 0. The molecule has 0 saturated carbocycles. The number of hydrogen-bond acceptors (Lipinski definition) is 7. The average molecular weight is 410 g/mol. The zero-order valence-electron chi connectivity index (χ0n) is 16.2. The molecule has 7 nitrogen and oxygen atoms in total. The Morgan fingerprint density at radius 2 is 2.00 bits per heavy atom. The normalized spacial score (nSPS) is 15.8. The van der Waals surface area contributed by atoms with Gasteiger partial charge in [-0.15, -0.1) is 0 Å². The summed E-state index contributed by atoms with van der Waals surface area (Å²) in [5.74, 6) is 1.15. The molecule has 2 aliphatic rings. The van der Waals surface area contributed by atoms with Crippen LogP contribution >= 0.6 is 0 Å². The number of nitrogens with zero attached hydrogens (tertiary/aromatic N) is 3. The molecule has 0 aliphatic carbocycles. The fraction of sp³-hybridized carbons (Fsp3) is 0.190. The Balaban J connectivity index is 1.84. The quantitative estimate of drug-likeness (QED) is 0.761. The summed E-state index contributed by atoms with van der Waals surface area (Å²) in [6, 6.07) is 12.1. The Labute approximate surface area is 170 Å². The van der Waals surface area contributed by atoms with Crippen molar-refractivity contribution in [2.75, 3.05) is 25.2 Å². The van der Waals surface area contributed by atoms with Crippen LogP contribution < -0.4 is 10.5 Å². The number of fused-ring (bicyclic) bond motifs is 1. The van der Waals surface area contributed by atoms with Crippen LogP contribution in [-0.2, 0) is 9.84 Å². The lowest BCUT2D eigenvalue weighted by Gasteiger charge is -2.30. The van der Waals surface area contributed by atoms with Gasteiger partial charge in [-0.1, -0.05) is 13.0 Å². The van der Waals surface area contributed by atoms with Crippen molar-refractivity contribution < 1.29 is 13.2 Å². The van der Waals surface area contributed by atoms with Crippen molar-refractivity contribution in [1.82, 2.24) is 9.80 Å². The molecule has 0 saturated heterocycles. The first-order chi connectivity index (χ1) is 13.9. The molecule has 4 rings (SSSR count). The molecule has 2 aromatic carbocycles. The number of nitrogens with two attached hydrogens (primary N) is 1. The largest absolute Gasteiger partial charge is 0.457 e. The van der Waals surface area contributed by atoms with Crippen molar-refractivity contribution in [1.29, 1.82) is 0 Å². The van der Waals surface area contributed by atoms with E-state index in [0.29, 0.717) is 29.4 Å². The van der Waals surface area contributed by atoms with Gasteiger partial charge in [0.15, 0.2) is 9.84 Å². The molecule has 0 amide bonds. The number of ether oxygens (including phenoxy) is 1. The van der Waals surface area contributed by atoms with Crippen LogP contribution in [0.4, 0.5) is 5.69 Å². The van der Waals surface area contributed by atoms with Crippen molar-refractivity contribution in [3.8, 4) is 11.5 Å². The molecule has 0 spiro atoms. The second-order valence-corrected chi connectivity index (χ2v) is 9.13. The van der Waals surface area contributed by atoms with Crippen LogP contribution in [-0.4, -0.2) is 43.9 Å². The average Bonchev–Trinajstić information content (AvgIpc) is 3.16. The van der Waals surface area contributed by atoms with Gasteiger partial charge in [0.1, 0.15) is 18.2 Å². The topological polar surface area (TPSA) is 88.2 Å². The zero-order chi connectivity index (χ0) is 20.6. The van der Waals surface area contributed by atoms with E-state index >= 15 is 0 Å². The van der Waals surface area contributed by atoms with Gasteiger partial charge in [-0.25, -0.2) is 8.42 Å². The highest BCUT2D eigenvalue weighted by Gasteiger charge is 2.27. The van der Waals surface area contributed by atoms with Crippen molar-refractivity contribution in [2.24, 2.45) is 4.99 Å². The molecule has 2 aromatic rings. The predicted octanol–water partition coefficient (Wildman–Crippen LogP) is 3.28. The molecule has 2 N–H and O–H groups in total. The highest BCUT2D eigenvalue weighted by molar-refractivity contribution is 7.91.